The number of non-ortho nitro benzene ring substituents is 1. The van der Waals surface area contributed by atoms with Crippen molar-refractivity contribution in [2.75, 3.05) is 18.4 Å². The summed E-state index contributed by atoms with van der Waals surface area (Å²) < 4.78 is 27.6. The third kappa shape index (κ3) is 4.77. The van der Waals surface area contributed by atoms with Crippen molar-refractivity contribution in [1.29, 1.82) is 0 Å². The lowest BCUT2D eigenvalue weighted by Gasteiger charge is -2.13. The number of nitrogens with zero attached hydrogens (tertiary/aromatic N) is 1. The van der Waals surface area contributed by atoms with Crippen molar-refractivity contribution in [2.45, 2.75) is 25.7 Å². The van der Waals surface area contributed by atoms with Crippen LogP contribution in [0.4, 0.5) is 11.4 Å². The molecule has 0 bridgehead atoms. The monoisotopic (exact) mass is 363 g/mol. The van der Waals surface area contributed by atoms with E-state index in [0.717, 1.165) is 5.56 Å². The molecule has 2 aromatic carbocycles. The van der Waals surface area contributed by atoms with E-state index in [1.54, 1.807) is 26.0 Å². The topological polar surface area (TPSA) is 101 Å². The highest BCUT2D eigenvalue weighted by Crippen LogP contribution is 2.21. The lowest BCUT2D eigenvalue weighted by molar-refractivity contribution is -0.384. The molecular weight excluding hydrogens is 342 g/mol. The van der Waals surface area contributed by atoms with Crippen LogP contribution in [0, 0.1) is 30.9 Å². The summed E-state index contributed by atoms with van der Waals surface area (Å²) >= 11 is 0. The zero-order valence-electron chi connectivity index (χ0n) is 14.4. The molecule has 0 radical (unpaired) electrons. The summed E-state index contributed by atoms with van der Waals surface area (Å²) in [4.78, 5) is 10.4. The Hall–Kier alpha value is -2.45. The van der Waals surface area contributed by atoms with Crippen LogP contribution in [0.1, 0.15) is 16.7 Å². The van der Waals surface area contributed by atoms with Gasteiger partial charge in [0.05, 0.1) is 9.82 Å². The van der Waals surface area contributed by atoms with Gasteiger partial charge < -0.3 is 5.32 Å². The summed E-state index contributed by atoms with van der Waals surface area (Å²) in [6, 6.07) is 9.65. The number of nitrogens with one attached hydrogen (secondary N) is 2. The average Bonchev–Trinajstić information content (AvgIpc) is 2.50. The minimum absolute atomic E-state index is 0.0107. The predicted octanol–water partition coefficient (Wildman–Crippen LogP) is 2.91. The maximum Gasteiger partial charge on any atom is 0.269 e. The molecule has 0 aliphatic carbocycles. The van der Waals surface area contributed by atoms with Gasteiger partial charge in [-0.05, 0) is 44.0 Å². The van der Waals surface area contributed by atoms with Gasteiger partial charge in [0.15, 0.2) is 0 Å². The third-order valence-electron chi connectivity index (χ3n) is 3.70. The van der Waals surface area contributed by atoms with E-state index in [2.05, 4.69) is 10.0 Å². The molecule has 0 aliphatic rings. The van der Waals surface area contributed by atoms with Gasteiger partial charge >= 0.3 is 0 Å². The maximum atomic E-state index is 12.5. The molecule has 0 unspecified atom stereocenters. The van der Waals surface area contributed by atoms with Crippen LogP contribution in [0.2, 0.25) is 0 Å². The molecule has 0 aromatic heterocycles. The van der Waals surface area contributed by atoms with Crippen molar-refractivity contribution in [1.82, 2.24) is 4.72 Å². The second kappa shape index (κ2) is 7.62. The Balaban J connectivity index is 1.96. The Morgan fingerprint density at radius 3 is 2.08 bits per heavy atom. The summed E-state index contributed by atoms with van der Waals surface area (Å²) in [5, 5.41) is 13.6. The smallest absolute Gasteiger partial charge is 0.269 e. The molecule has 25 heavy (non-hydrogen) atoms. The summed E-state index contributed by atoms with van der Waals surface area (Å²) in [6.07, 6.45) is 0. The van der Waals surface area contributed by atoms with E-state index in [1.165, 1.54) is 12.1 Å². The van der Waals surface area contributed by atoms with Gasteiger partial charge in [-0.3, -0.25) is 10.1 Å². The number of hydrogen-bond acceptors (Lipinski definition) is 5. The molecule has 0 aliphatic heterocycles. The van der Waals surface area contributed by atoms with Crippen molar-refractivity contribution >= 4 is 21.4 Å². The molecule has 7 nitrogen and oxygen atoms in total. The van der Waals surface area contributed by atoms with E-state index in [4.69, 9.17) is 0 Å². The summed E-state index contributed by atoms with van der Waals surface area (Å²) in [7, 11) is -3.59. The molecule has 0 heterocycles. The molecule has 0 saturated heterocycles. The number of aryl methyl sites for hydroxylation is 3. The van der Waals surface area contributed by atoms with Gasteiger partial charge in [-0.25, -0.2) is 13.1 Å². The van der Waals surface area contributed by atoms with Gasteiger partial charge in [0, 0.05) is 30.9 Å². The summed E-state index contributed by atoms with van der Waals surface area (Å²) in [5.41, 5.74) is 3.15. The van der Waals surface area contributed by atoms with Gasteiger partial charge in [-0.1, -0.05) is 17.7 Å². The van der Waals surface area contributed by atoms with Crippen LogP contribution in [-0.2, 0) is 10.0 Å². The predicted molar refractivity (Wildman–Crippen MR) is 97.4 cm³/mol. The van der Waals surface area contributed by atoms with Gasteiger partial charge in [0.25, 0.3) is 5.69 Å². The first kappa shape index (κ1) is 18.9. The minimum Gasteiger partial charge on any atom is -0.384 e. The molecule has 2 rings (SSSR count). The third-order valence-corrected chi connectivity index (χ3v) is 5.46. The fourth-order valence-electron chi connectivity index (χ4n) is 2.76. The van der Waals surface area contributed by atoms with Crippen LogP contribution >= 0.6 is 0 Å². The van der Waals surface area contributed by atoms with Crippen molar-refractivity contribution in [3.8, 4) is 0 Å². The second-order valence-corrected chi connectivity index (χ2v) is 7.56. The van der Waals surface area contributed by atoms with E-state index >= 15 is 0 Å². The quantitative estimate of drug-likeness (QED) is 0.447. The van der Waals surface area contributed by atoms with Crippen LogP contribution in [-0.4, -0.2) is 26.4 Å². The van der Waals surface area contributed by atoms with Crippen LogP contribution < -0.4 is 10.0 Å². The molecule has 0 saturated carbocycles. The lowest BCUT2D eigenvalue weighted by Crippen LogP contribution is -2.30. The van der Waals surface area contributed by atoms with E-state index in [9.17, 15) is 18.5 Å². The zero-order chi connectivity index (χ0) is 18.6. The highest BCUT2D eigenvalue weighted by molar-refractivity contribution is 7.89. The Labute approximate surface area is 147 Å². The van der Waals surface area contributed by atoms with Crippen molar-refractivity contribution in [3.63, 3.8) is 0 Å². The number of sulfonamides is 1. The fraction of sp³-hybridized carbons (Fsp3) is 0.294. The Kier molecular flexibility index (Phi) is 5.76. The van der Waals surface area contributed by atoms with Crippen LogP contribution in [0.5, 0.6) is 0 Å². The van der Waals surface area contributed by atoms with Gasteiger partial charge in [0.1, 0.15) is 0 Å². The number of benzene rings is 2. The first-order valence-electron chi connectivity index (χ1n) is 7.76. The Morgan fingerprint density at radius 2 is 1.56 bits per heavy atom. The Morgan fingerprint density at radius 1 is 1.00 bits per heavy atom. The van der Waals surface area contributed by atoms with Gasteiger partial charge in [-0.2, -0.15) is 0 Å². The van der Waals surface area contributed by atoms with Crippen molar-refractivity contribution in [2.24, 2.45) is 0 Å². The molecule has 0 spiro atoms. The summed E-state index contributed by atoms with van der Waals surface area (Å²) in [5.74, 6) is 0. The summed E-state index contributed by atoms with van der Waals surface area (Å²) in [6.45, 7) is 6.05. The van der Waals surface area contributed by atoms with Gasteiger partial charge in [0.2, 0.25) is 10.0 Å². The molecule has 2 aromatic rings. The van der Waals surface area contributed by atoms with E-state index in [-0.39, 0.29) is 12.2 Å². The van der Waals surface area contributed by atoms with Crippen LogP contribution in [0.3, 0.4) is 0 Å². The highest BCUT2D eigenvalue weighted by Gasteiger charge is 2.19. The molecule has 0 fully saturated rings. The number of hydrogen-bond donors (Lipinski definition) is 2. The molecule has 8 heteroatoms. The maximum absolute atomic E-state index is 12.5. The molecule has 2 N–H and O–H groups in total. The molecular formula is C17H21N3O4S. The molecule has 134 valence electrons. The van der Waals surface area contributed by atoms with Crippen molar-refractivity contribution < 1.29 is 13.3 Å². The van der Waals surface area contributed by atoms with E-state index in [0.29, 0.717) is 28.3 Å². The molecule has 0 amide bonds. The van der Waals surface area contributed by atoms with E-state index in [1.807, 2.05) is 19.1 Å². The molecule has 0 atom stereocenters. The van der Waals surface area contributed by atoms with E-state index < -0.39 is 14.9 Å². The number of nitro benzene ring substituents is 1. The lowest BCUT2D eigenvalue weighted by atomic mass is 10.1. The highest BCUT2D eigenvalue weighted by atomic mass is 32.2. The van der Waals surface area contributed by atoms with Crippen LogP contribution in [0.25, 0.3) is 0 Å². The first-order chi connectivity index (χ1) is 11.7. The Bertz CT molecular complexity index is 854. The average molecular weight is 363 g/mol. The standard InChI is InChI=1S/C17H21N3O4S/c1-12-10-13(2)17(14(3)11-12)25(23,24)19-9-8-18-15-4-6-16(7-5-15)20(21)22/h4-7,10-11,18-19H,8-9H2,1-3H3. The van der Waals surface area contributed by atoms with Crippen molar-refractivity contribution in [3.05, 3.63) is 63.2 Å². The minimum atomic E-state index is -3.59. The SMILES string of the molecule is Cc1cc(C)c(S(=O)(=O)NCCNc2ccc([N+](=O)[O-])cc2)c(C)c1. The number of nitro groups is 1. The fourth-order valence-corrected chi connectivity index (χ4v) is 4.24. The normalized spacial score (nSPS) is 11.3. The largest absolute Gasteiger partial charge is 0.384 e. The van der Waals surface area contributed by atoms with Gasteiger partial charge in [-0.15, -0.1) is 0 Å². The number of rotatable bonds is 7. The zero-order valence-corrected chi connectivity index (χ0v) is 15.2. The van der Waals surface area contributed by atoms with Crippen LogP contribution in [0.15, 0.2) is 41.3 Å². The number of anilines is 1. The first-order valence-corrected chi connectivity index (χ1v) is 9.25. The second-order valence-electron chi connectivity index (χ2n) is 5.86.